The molecule has 150 valence electrons. The van der Waals surface area contributed by atoms with E-state index >= 15 is 0 Å². The van der Waals surface area contributed by atoms with Gasteiger partial charge in [0.15, 0.2) is 5.69 Å². The summed E-state index contributed by atoms with van der Waals surface area (Å²) in [4.78, 5) is 35.9. The van der Waals surface area contributed by atoms with Gasteiger partial charge in [0.2, 0.25) is 11.3 Å². The van der Waals surface area contributed by atoms with E-state index in [9.17, 15) is 27.6 Å². The van der Waals surface area contributed by atoms with Gasteiger partial charge in [-0.05, 0) is 31.5 Å². The molecule has 0 saturated heterocycles. The lowest BCUT2D eigenvalue weighted by Gasteiger charge is -2.13. The van der Waals surface area contributed by atoms with E-state index in [4.69, 9.17) is 0 Å². The fourth-order valence-corrected chi connectivity index (χ4v) is 2.35. The molecule has 0 bridgehead atoms. The highest BCUT2D eigenvalue weighted by molar-refractivity contribution is 5.94. The molecule has 7 nitrogen and oxygen atoms in total. The highest BCUT2D eigenvalue weighted by Gasteiger charge is 2.30. The molecule has 2 N–H and O–H groups in total. The second-order valence-corrected chi connectivity index (χ2v) is 5.99. The molecule has 2 aromatic rings. The summed E-state index contributed by atoms with van der Waals surface area (Å²) in [6, 6.07) is 5.45. The van der Waals surface area contributed by atoms with Crippen molar-refractivity contribution in [1.82, 2.24) is 20.4 Å². The number of nitrogens with zero attached hydrogens (tertiary/aromatic N) is 2. The van der Waals surface area contributed by atoms with Crippen molar-refractivity contribution in [2.45, 2.75) is 26.4 Å². The molecule has 1 aromatic heterocycles. The normalized spacial score (nSPS) is 11.2. The molecule has 0 aliphatic rings. The van der Waals surface area contributed by atoms with Crippen molar-refractivity contribution in [3.63, 3.8) is 0 Å². The van der Waals surface area contributed by atoms with Crippen molar-refractivity contribution in [1.29, 1.82) is 0 Å². The van der Waals surface area contributed by atoms with Crippen LogP contribution in [0.3, 0.4) is 0 Å². The Bertz CT molecular complexity index is 938. The summed E-state index contributed by atoms with van der Waals surface area (Å²) in [5, 5.41) is 8.73. The van der Waals surface area contributed by atoms with E-state index in [1.807, 2.05) is 6.92 Å². The second-order valence-electron chi connectivity index (χ2n) is 5.99. The zero-order valence-corrected chi connectivity index (χ0v) is 15.3. The Morgan fingerprint density at radius 2 is 1.89 bits per heavy atom. The van der Waals surface area contributed by atoms with Crippen molar-refractivity contribution < 1.29 is 22.8 Å². The van der Waals surface area contributed by atoms with E-state index in [0.717, 1.165) is 29.3 Å². The molecule has 0 fully saturated rings. The van der Waals surface area contributed by atoms with Crippen LogP contribution in [-0.4, -0.2) is 34.7 Å². The molecule has 28 heavy (non-hydrogen) atoms. The summed E-state index contributed by atoms with van der Waals surface area (Å²) in [5.74, 6) is -1.32. The molecule has 10 heteroatoms. The first kappa shape index (κ1) is 21.1. The van der Waals surface area contributed by atoms with Crippen LogP contribution in [0.2, 0.25) is 0 Å². The predicted molar refractivity (Wildman–Crippen MR) is 95.2 cm³/mol. The molecule has 0 radical (unpaired) electrons. The number of nitrogens with one attached hydrogen (secondary N) is 2. The van der Waals surface area contributed by atoms with Crippen LogP contribution in [0.1, 0.15) is 35.1 Å². The first-order valence-electron chi connectivity index (χ1n) is 8.47. The minimum atomic E-state index is -4.55. The monoisotopic (exact) mass is 396 g/mol. The van der Waals surface area contributed by atoms with Gasteiger partial charge in [0.1, 0.15) is 0 Å². The van der Waals surface area contributed by atoms with E-state index < -0.39 is 34.7 Å². The van der Waals surface area contributed by atoms with E-state index in [1.165, 1.54) is 19.1 Å². The number of carbonyl (C=O) groups excluding carboxylic acids is 2. The Balaban J connectivity index is 2.31. The van der Waals surface area contributed by atoms with Crippen molar-refractivity contribution in [3.8, 4) is 5.69 Å². The maximum absolute atomic E-state index is 12.9. The molecule has 2 rings (SSSR count). The van der Waals surface area contributed by atoms with Crippen LogP contribution in [0.15, 0.2) is 35.1 Å². The van der Waals surface area contributed by atoms with E-state index in [1.54, 1.807) is 0 Å². The molecule has 0 unspecified atom stereocenters. The number of aryl methyl sites for hydroxylation is 1. The van der Waals surface area contributed by atoms with Gasteiger partial charge in [0, 0.05) is 18.3 Å². The smallest absolute Gasteiger partial charge is 0.355 e. The topological polar surface area (TPSA) is 93.1 Å². The van der Waals surface area contributed by atoms with E-state index in [-0.39, 0.29) is 17.9 Å². The lowest BCUT2D eigenvalue weighted by Crippen LogP contribution is -2.39. The summed E-state index contributed by atoms with van der Waals surface area (Å²) in [6.07, 6.45) is -3.82. The number of aromatic nitrogens is 2. The van der Waals surface area contributed by atoms with Gasteiger partial charge >= 0.3 is 6.18 Å². The number of rotatable bonds is 6. The van der Waals surface area contributed by atoms with Gasteiger partial charge in [-0.15, -0.1) is 0 Å². The molecule has 2 amide bonds. The number of benzene rings is 1. The molecule has 0 saturated carbocycles. The SMILES string of the molecule is CCCNC(=O)CNC(=O)c1nn(-c2cccc(C(F)(F)F)c2)c(C)cc1=O. The Kier molecular flexibility index (Phi) is 6.55. The van der Waals surface area contributed by atoms with Crippen LogP contribution in [0.5, 0.6) is 0 Å². The number of hydrogen-bond acceptors (Lipinski definition) is 4. The first-order valence-corrected chi connectivity index (χ1v) is 8.47. The summed E-state index contributed by atoms with van der Waals surface area (Å²) >= 11 is 0. The summed E-state index contributed by atoms with van der Waals surface area (Å²) in [6.45, 7) is 3.44. The van der Waals surface area contributed by atoms with Gasteiger partial charge in [-0.3, -0.25) is 14.4 Å². The van der Waals surface area contributed by atoms with Crippen LogP contribution in [0.25, 0.3) is 5.69 Å². The fourth-order valence-electron chi connectivity index (χ4n) is 2.35. The Morgan fingerprint density at radius 1 is 1.18 bits per heavy atom. The van der Waals surface area contributed by atoms with Crippen LogP contribution < -0.4 is 16.1 Å². The number of alkyl halides is 3. The largest absolute Gasteiger partial charge is 0.416 e. The molecule has 0 atom stereocenters. The lowest BCUT2D eigenvalue weighted by molar-refractivity contribution is -0.137. The van der Waals surface area contributed by atoms with Crippen molar-refractivity contribution in [2.24, 2.45) is 0 Å². The van der Waals surface area contributed by atoms with Crippen LogP contribution in [-0.2, 0) is 11.0 Å². The molecular formula is C18H19F3N4O3. The number of halogens is 3. The van der Waals surface area contributed by atoms with Gasteiger partial charge in [-0.1, -0.05) is 13.0 Å². The maximum atomic E-state index is 12.9. The van der Waals surface area contributed by atoms with Crippen LogP contribution in [0, 0.1) is 6.92 Å². The number of hydrogen-bond donors (Lipinski definition) is 2. The van der Waals surface area contributed by atoms with Gasteiger partial charge in [0.05, 0.1) is 17.8 Å². The van der Waals surface area contributed by atoms with Gasteiger partial charge in [-0.2, -0.15) is 18.3 Å². The van der Waals surface area contributed by atoms with E-state index in [2.05, 4.69) is 15.7 Å². The Labute approximate surface area is 158 Å². The standard InChI is InChI=1S/C18H19F3N4O3/c1-3-7-22-15(27)10-23-17(28)16-14(26)8-11(2)25(24-16)13-6-4-5-12(9-13)18(19,20)21/h4-6,8-9H,3,7,10H2,1-2H3,(H,22,27)(H,23,28). The lowest BCUT2D eigenvalue weighted by atomic mass is 10.2. The molecule has 1 heterocycles. The average Bonchev–Trinajstić information content (AvgIpc) is 2.64. The minimum absolute atomic E-state index is 0.0436. The zero-order chi connectivity index (χ0) is 20.9. The van der Waals surface area contributed by atoms with Crippen LogP contribution >= 0.6 is 0 Å². The van der Waals surface area contributed by atoms with E-state index in [0.29, 0.717) is 6.54 Å². The molecule has 1 aromatic carbocycles. The number of carbonyl (C=O) groups is 2. The number of amides is 2. The third-order valence-electron chi connectivity index (χ3n) is 3.72. The van der Waals surface area contributed by atoms with Gasteiger partial charge < -0.3 is 10.6 Å². The highest BCUT2D eigenvalue weighted by atomic mass is 19.4. The third kappa shape index (κ3) is 5.18. The molecule has 0 aliphatic heterocycles. The predicted octanol–water partition coefficient (Wildman–Crippen LogP) is 1.82. The quantitative estimate of drug-likeness (QED) is 0.779. The van der Waals surface area contributed by atoms with Crippen molar-refractivity contribution in [2.75, 3.05) is 13.1 Å². The van der Waals surface area contributed by atoms with Gasteiger partial charge in [-0.25, -0.2) is 4.68 Å². The minimum Gasteiger partial charge on any atom is -0.355 e. The highest BCUT2D eigenvalue weighted by Crippen LogP contribution is 2.30. The summed E-state index contributed by atoms with van der Waals surface area (Å²) in [5.41, 5.74) is -1.81. The molecule has 0 spiro atoms. The Hall–Kier alpha value is -3.17. The van der Waals surface area contributed by atoms with Gasteiger partial charge in [0.25, 0.3) is 5.91 Å². The van der Waals surface area contributed by atoms with Crippen LogP contribution in [0.4, 0.5) is 13.2 Å². The average molecular weight is 396 g/mol. The first-order chi connectivity index (χ1) is 13.1. The molecular weight excluding hydrogens is 377 g/mol. The second kappa shape index (κ2) is 8.68. The molecule has 0 aliphatic carbocycles. The fraction of sp³-hybridized carbons (Fsp3) is 0.333. The Morgan fingerprint density at radius 3 is 2.54 bits per heavy atom. The van der Waals surface area contributed by atoms with Crippen molar-refractivity contribution >= 4 is 11.8 Å². The van der Waals surface area contributed by atoms with Crippen molar-refractivity contribution in [3.05, 3.63) is 57.5 Å². The third-order valence-corrected chi connectivity index (χ3v) is 3.72. The maximum Gasteiger partial charge on any atom is 0.416 e. The summed E-state index contributed by atoms with van der Waals surface area (Å²) < 4.78 is 39.9. The zero-order valence-electron chi connectivity index (χ0n) is 15.3. The summed E-state index contributed by atoms with van der Waals surface area (Å²) in [7, 11) is 0.